The van der Waals surface area contributed by atoms with Gasteiger partial charge in [0.25, 0.3) is 0 Å². The lowest BCUT2D eigenvalue weighted by Crippen LogP contribution is -2.37. The lowest BCUT2D eigenvalue weighted by Gasteiger charge is -2.15. The summed E-state index contributed by atoms with van der Waals surface area (Å²) in [6.07, 6.45) is 0.836. The predicted octanol–water partition coefficient (Wildman–Crippen LogP) is 2.03. The molecule has 0 aromatic heterocycles. The number of hydrogen-bond donors (Lipinski definition) is 3. The molecule has 6 heteroatoms. The van der Waals surface area contributed by atoms with E-state index in [4.69, 9.17) is 0 Å². The van der Waals surface area contributed by atoms with Crippen molar-refractivity contribution in [1.82, 2.24) is 5.32 Å². The van der Waals surface area contributed by atoms with Crippen LogP contribution in [0.2, 0.25) is 0 Å². The molecule has 0 radical (unpaired) electrons. The van der Waals surface area contributed by atoms with Crippen LogP contribution in [0.15, 0.2) is 42.5 Å². The van der Waals surface area contributed by atoms with E-state index in [9.17, 15) is 14.7 Å². The molecule has 0 spiro atoms. The number of carbonyl (C=O) groups excluding carboxylic acids is 2. The van der Waals surface area contributed by atoms with Crippen LogP contribution in [0.5, 0.6) is 0 Å². The Hall–Kier alpha value is -2.86. The molecule has 0 saturated heterocycles. The molecule has 0 aliphatic carbocycles. The van der Waals surface area contributed by atoms with Crippen LogP contribution in [0, 0.1) is 0 Å². The monoisotopic (exact) mass is 367 g/mol. The van der Waals surface area contributed by atoms with Crippen molar-refractivity contribution < 1.29 is 14.7 Å². The van der Waals surface area contributed by atoms with Crippen LogP contribution >= 0.6 is 0 Å². The van der Waals surface area contributed by atoms with Gasteiger partial charge in [0.15, 0.2) is 0 Å². The highest BCUT2D eigenvalue weighted by atomic mass is 16.3. The lowest BCUT2D eigenvalue weighted by atomic mass is 10.0. The van der Waals surface area contributed by atoms with Crippen molar-refractivity contribution in [2.75, 3.05) is 30.4 Å². The minimum absolute atomic E-state index is 0.0176. The minimum atomic E-state index is -0.860. The SMILES string of the molecule is CCc1ccccc1NC(=O)C(=O)NCC(O)c1ccc2c(c1)CCN2C. The van der Waals surface area contributed by atoms with Gasteiger partial charge in [0.1, 0.15) is 0 Å². The quantitative estimate of drug-likeness (QED) is 0.707. The first-order valence-electron chi connectivity index (χ1n) is 9.18. The fourth-order valence-corrected chi connectivity index (χ4v) is 3.31. The maximum absolute atomic E-state index is 12.1. The van der Waals surface area contributed by atoms with Gasteiger partial charge in [-0.2, -0.15) is 0 Å². The van der Waals surface area contributed by atoms with Crippen molar-refractivity contribution in [1.29, 1.82) is 0 Å². The number of amides is 2. The maximum atomic E-state index is 12.1. The second-order valence-electron chi connectivity index (χ2n) is 6.75. The van der Waals surface area contributed by atoms with Gasteiger partial charge in [-0.25, -0.2) is 0 Å². The van der Waals surface area contributed by atoms with E-state index < -0.39 is 17.9 Å². The zero-order chi connectivity index (χ0) is 19.4. The molecule has 1 aliphatic heterocycles. The van der Waals surface area contributed by atoms with Crippen molar-refractivity contribution in [3.05, 3.63) is 59.2 Å². The van der Waals surface area contributed by atoms with Gasteiger partial charge in [-0.15, -0.1) is 0 Å². The van der Waals surface area contributed by atoms with E-state index >= 15 is 0 Å². The first-order valence-corrected chi connectivity index (χ1v) is 9.18. The molecule has 1 unspecified atom stereocenters. The van der Waals surface area contributed by atoms with Crippen LogP contribution in [0.3, 0.4) is 0 Å². The molecule has 142 valence electrons. The Morgan fingerprint density at radius 3 is 2.74 bits per heavy atom. The lowest BCUT2D eigenvalue weighted by molar-refractivity contribution is -0.136. The summed E-state index contributed by atoms with van der Waals surface area (Å²) in [7, 11) is 2.04. The normalized spacial score (nSPS) is 13.8. The average Bonchev–Trinajstić information content (AvgIpc) is 3.06. The molecule has 1 aliphatic rings. The Bertz CT molecular complexity index is 850. The smallest absolute Gasteiger partial charge is 0.313 e. The van der Waals surface area contributed by atoms with Gasteiger partial charge >= 0.3 is 11.8 Å². The average molecular weight is 367 g/mol. The number of benzene rings is 2. The number of nitrogens with zero attached hydrogens (tertiary/aromatic N) is 1. The number of para-hydroxylation sites is 1. The van der Waals surface area contributed by atoms with Crippen molar-refractivity contribution >= 4 is 23.2 Å². The third-order valence-electron chi connectivity index (χ3n) is 4.92. The Morgan fingerprint density at radius 2 is 1.96 bits per heavy atom. The second kappa shape index (κ2) is 8.22. The highest BCUT2D eigenvalue weighted by Gasteiger charge is 2.20. The number of likely N-dealkylation sites (N-methyl/N-ethyl adjacent to an activating group) is 1. The fraction of sp³-hybridized carbons (Fsp3) is 0.333. The third kappa shape index (κ3) is 4.28. The molecule has 2 aromatic carbocycles. The van der Waals surface area contributed by atoms with Gasteiger partial charge in [-0.3, -0.25) is 9.59 Å². The van der Waals surface area contributed by atoms with E-state index in [1.54, 1.807) is 6.07 Å². The number of nitrogens with one attached hydrogen (secondary N) is 2. The van der Waals surface area contributed by atoms with E-state index in [1.807, 2.05) is 50.4 Å². The molecule has 6 nitrogen and oxygen atoms in total. The van der Waals surface area contributed by atoms with Gasteiger partial charge in [0.05, 0.1) is 6.10 Å². The number of anilines is 2. The van der Waals surface area contributed by atoms with Crippen LogP contribution in [0.1, 0.15) is 29.7 Å². The number of carbonyl (C=O) groups is 2. The Balaban J connectivity index is 1.56. The van der Waals surface area contributed by atoms with Crippen LogP contribution in [0.25, 0.3) is 0 Å². The number of aliphatic hydroxyl groups is 1. The zero-order valence-corrected chi connectivity index (χ0v) is 15.7. The zero-order valence-electron chi connectivity index (χ0n) is 15.7. The summed E-state index contributed by atoms with van der Waals surface area (Å²) in [5.74, 6) is -1.50. The molecule has 1 atom stereocenters. The topological polar surface area (TPSA) is 81.7 Å². The Kier molecular flexibility index (Phi) is 5.76. The summed E-state index contributed by atoms with van der Waals surface area (Å²) in [6, 6.07) is 13.2. The van der Waals surface area contributed by atoms with Crippen molar-refractivity contribution in [3.8, 4) is 0 Å². The van der Waals surface area contributed by atoms with E-state index in [0.29, 0.717) is 5.69 Å². The maximum Gasteiger partial charge on any atom is 0.313 e. The van der Waals surface area contributed by atoms with Crippen LogP contribution in [0.4, 0.5) is 11.4 Å². The molecule has 0 saturated carbocycles. The number of hydrogen-bond acceptors (Lipinski definition) is 4. The molecular formula is C21H25N3O3. The predicted molar refractivity (Wildman–Crippen MR) is 106 cm³/mol. The van der Waals surface area contributed by atoms with Crippen molar-refractivity contribution in [2.24, 2.45) is 0 Å². The highest BCUT2D eigenvalue weighted by Crippen LogP contribution is 2.29. The summed E-state index contributed by atoms with van der Waals surface area (Å²) in [4.78, 5) is 26.4. The van der Waals surface area contributed by atoms with Gasteiger partial charge in [0, 0.05) is 31.5 Å². The number of aryl methyl sites for hydroxylation is 1. The van der Waals surface area contributed by atoms with Crippen LogP contribution < -0.4 is 15.5 Å². The first-order chi connectivity index (χ1) is 13.0. The van der Waals surface area contributed by atoms with Gasteiger partial charge in [-0.05, 0) is 41.7 Å². The summed E-state index contributed by atoms with van der Waals surface area (Å²) in [6.45, 7) is 2.93. The molecule has 0 fully saturated rings. The fourth-order valence-electron chi connectivity index (χ4n) is 3.31. The standard InChI is InChI=1S/C21H25N3O3/c1-3-14-6-4-5-7-17(14)23-21(27)20(26)22-13-19(25)16-8-9-18-15(12-16)10-11-24(18)2/h4-9,12,19,25H,3,10-11,13H2,1-2H3,(H,22,26)(H,23,27). The van der Waals surface area contributed by atoms with Gasteiger partial charge in [0.2, 0.25) is 0 Å². The van der Waals surface area contributed by atoms with Gasteiger partial charge in [-0.1, -0.05) is 37.3 Å². The third-order valence-corrected chi connectivity index (χ3v) is 4.92. The van der Waals surface area contributed by atoms with Crippen LogP contribution in [-0.2, 0) is 22.4 Å². The van der Waals surface area contributed by atoms with E-state index in [1.165, 1.54) is 11.3 Å². The molecule has 2 aromatic rings. The summed E-state index contributed by atoms with van der Waals surface area (Å²) in [5.41, 5.74) is 4.68. The molecule has 1 heterocycles. The summed E-state index contributed by atoms with van der Waals surface area (Å²) >= 11 is 0. The number of fused-ring (bicyclic) bond motifs is 1. The minimum Gasteiger partial charge on any atom is -0.387 e. The second-order valence-corrected chi connectivity index (χ2v) is 6.75. The van der Waals surface area contributed by atoms with E-state index in [-0.39, 0.29) is 6.54 Å². The molecule has 3 rings (SSSR count). The largest absolute Gasteiger partial charge is 0.387 e. The van der Waals surface area contributed by atoms with Crippen molar-refractivity contribution in [2.45, 2.75) is 25.9 Å². The summed E-state index contributed by atoms with van der Waals surface area (Å²) < 4.78 is 0. The number of rotatable bonds is 5. The van der Waals surface area contributed by atoms with Crippen molar-refractivity contribution in [3.63, 3.8) is 0 Å². The summed E-state index contributed by atoms with van der Waals surface area (Å²) in [5, 5.41) is 15.5. The van der Waals surface area contributed by atoms with Crippen LogP contribution in [-0.4, -0.2) is 37.1 Å². The highest BCUT2D eigenvalue weighted by molar-refractivity contribution is 6.39. The Labute approximate surface area is 159 Å². The molecular weight excluding hydrogens is 342 g/mol. The Morgan fingerprint density at radius 1 is 1.19 bits per heavy atom. The van der Waals surface area contributed by atoms with E-state index in [0.717, 1.165) is 30.5 Å². The van der Waals surface area contributed by atoms with Gasteiger partial charge < -0.3 is 20.6 Å². The molecule has 27 heavy (non-hydrogen) atoms. The molecule has 3 N–H and O–H groups in total. The number of aliphatic hydroxyl groups excluding tert-OH is 1. The first kappa shape index (κ1) is 18.9. The van der Waals surface area contributed by atoms with E-state index in [2.05, 4.69) is 15.5 Å². The molecule has 0 bridgehead atoms. The molecule has 2 amide bonds.